The maximum Gasteiger partial charge on any atom is 0.164 e. The summed E-state index contributed by atoms with van der Waals surface area (Å²) in [7, 11) is 0. The highest BCUT2D eigenvalue weighted by Gasteiger charge is 2.20. The quantitative estimate of drug-likeness (QED) is 0.205. The topological polar surface area (TPSA) is 30.7 Å². The van der Waals surface area contributed by atoms with Gasteiger partial charge in [0, 0.05) is 11.3 Å². The van der Waals surface area contributed by atoms with E-state index in [-0.39, 0.29) is 0 Å². The largest absolute Gasteiger partial charge is 0.291 e. The van der Waals surface area contributed by atoms with E-state index in [1.54, 1.807) is 0 Å². The number of hydrogen-bond acceptors (Lipinski definition) is 2. The fourth-order valence-corrected chi connectivity index (χ4v) is 7.00. The lowest BCUT2D eigenvalue weighted by molar-refractivity contribution is 1.00. The Morgan fingerprint density at radius 2 is 1.28 bits per heavy atom. The van der Waals surface area contributed by atoms with Crippen molar-refractivity contribution in [1.82, 2.24) is 14.5 Å². The van der Waals surface area contributed by atoms with E-state index in [9.17, 15) is 0 Å². The van der Waals surface area contributed by atoms with Gasteiger partial charge in [0.05, 0.1) is 16.7 Å². The highest BCUT2D eigenvalue weighted by molar-refractivity contribution is 6.24. The van der Waals surface area contributed by atoms with Crippen LogP contribution < -0.4 is 0 Å². The van der Waals surface area contributed by atoms with Crippen molar-refractivity contribution in [3.05, 3.63) is 145 Å². The number of aromatic nitrogens is 3. The smallest absolute Gasteiger partial charge is 0.164 e. The first-order chi connectivity index (χ1) is 21.3. The summed E-state index contributed by atoms with van der Waals surface area (Å²) in [5, 5.41) is 7.79. The van der Waals surface area contributed by atoms with Gasteiger partial charge in [0.2, 0.25) is 0 Å². The summed E-state index contributed by atoms with van der Waals surface area (Å²) in [6, 6.07) is 45.1. The number of pyridine rings is 1. The zero-order chi connectivity index (χ0) is 28.3. The van der Waals surface area contributed by atoms with E-state index in [0.29, 0.717) is 0 Å². The molecule has 2 heterocycles. The lowest BCUT2D eigenvalue weighted by Gasteiger charge is -2.21. The van der Waals surface area contributed by atoms with Gasteiger partial charge in [-0.15, -0.1) is 0 Å². The Morgan fingerprint density at radius 3 is 2.16 bits per heavy atom. The number of fused-ring (bicyclic) bond motifs is 9. The van der Waals surface area contributed by atoms with E-state index >= 15 is 0 Å². The molecule has 0 saturated heterocycles. The molecule has 3 nitrogen and oxygen atoms in total. The molecule has 0 fully saturated rings. The molecule has 1 aliphatic carbocycles. The molecule has 9 rings (SSSR count). The predicted molar refractivity (Wildman–Crippen MR) is 180 cm³/mol. The van der Waals surface area contributed by atoms with Crippen molar-refractivity contribution in [1.29, 1.82) is 0 Å². The number of para-hydroxylation sites is 3. The zero-order valence-corrected chi connectivity index (χ0v) is 23.5. The van der Waals surface area contributed by atoms with Crippen LogP contribution in [0.1, 0.15) is 17.5 Å². The van der Waals surface area contributed by atoms with Gasteiger partial charge in [0.15, 0.2) is 5.82 Å². The number of rotatable bonds is 3. The maximum absolute atomic E-state index is 5.32. The van der Waals surface area contributed by atoms with Crippen LogP contribution in [0.3, 0.4) is 0 Å². The molecule has 3 heteroatoms. The van der Waals surface area contributed by atoms with Crippen molar-refractivity contribution >= 4 is 49.4 Å². The van der Waals surface area contributed by atoms with E-state index in [1.807, 2.05) is 12.1 Å². The van der Waals surface area contributed by atoms with Gasteiger partial charge >= 0.3 is 0 Å². The van der Waals surface area contributed by atoms with E-state index in [0.717, 1.165) is 52.3 Å². The van der Waals surface area contributed by atoms with Crippen molar-refractivity contribution in [2.75, 3.05) is 0 Å². The first kappa shape index (κ1) is 24.1. The normalized spacial score (nSPS) is 12.8. The van der Waals surface area contributed by atoms with Gasteiger partial charge in [-0.2, -0.15) is 0 Å². The number of allylic oxidation sites excluding steroid dienone is 1. The zero-order valence-electron chi connectivity index (χ0n) is 23.5. The lowest BCUT2D eigenvalue weighted by Crippen LogP contribution is -2.00. The molecule has 0 atom stereocenters. The van der Waals surface area contributed by atoms with Crippen LogP contribution in [0.15, 0.2) is 133 Å². The van der Waals surface area contributed by atoms with Crippen molar-refractivity contribution < 1.29 is 0 Å². The molecule has 0 aliphatic heterocycles. The molecule has 1 aliphatic rings. The van der Waals surface area contributed by atoms with Crippen LogP contribution in [-0.2, 0) is 6.42 Å². The average molecular weight is 550 g/mol. The minimum atomic E-state index is 0.839. The molecular weight excluding hydrogens is 522 g/mol. The van der Waals surface area contributed by atoms with Gasteiger partial charge in [-0.05, 0) is 98.8 Å². The standard InChI is InChI=1S/C40H27N3/c1-2-13-26(14-3-1)43-38-24-11-10-21-36(38)42-40(43)37-23-12-22-35(41-37)33-25-34-29-17-5-4-15-27(29)28-16-6-8-19-31(28)39(34)32-20-9-7-18-30(32)33/h1-7,9-18,20-25H,8,19H2. The second-order valence-electron chi connectivity index (χ2n) is 11.3. The van der Waals surface area contributed by atoms with Gasteiger partial charge in [0.25, 0.3) is 0 Å². The molecule has 2 aromatic heterocycles. The SMILES string of the molecule is C1=Cc2c(c3c4ccccc4c(-c4cccc(-c5nc6ccccc6n5-c5ccccc5)n4)cc3c3ccccc23)CC1. The molecule has 0 spiro atoms. The molecule has 0 radical (unpaired) electrons. The van der Waals surface area contributed by atoms with Gasteiger partial charge in [-0.3, -0.25) is 4.57 Å². The number of hydrogen-bond donors (Lipinski definition) is 0. The predicted octanol–water partition coefficient (Wildman–Crippen LogP) is 10.2. The summed E-state index contributed by atoms with van der Waals surface area (Å²) in [6.45, 7) is 0. The Bertz CT molecular complexity index is 2400. The van der Waals surface area contributed by atoms with Crippen molar-refractivity contribution in [3.63, 3.8) is 0 Å². The molecular formula is C40H27N3. The van der Waals surface area contributed by atoms with Crippen molar-refractivity contribution in [2.24, 2.45) is 0 Å². The van der Waals surface area contributed by atoms with Crippen LogP contribution in [0.25, 0.3) is 77.9 Å². The molecule has 43 heavy (non-hydrogen) atoms. The molecule has 0 amide bonds. The monoisotopic (exact) mass is 549 g/mol. The Kier molecular flexibility index (Phi) is 5.32. The van der Waals surface area contributed by atoms with Crippen molar-refractivity contribution in [3.8, 4) is 28.5 Å². The summed E-state index contributed by atoms with van der Waals surface area (Å²) < 4.78 is 2.22. The van der Waals surface area contributed by atoms with Crippen LogP contribution in [0, 0.1) is 0 Å². The fraction of sp³-hybridized carbons (Fsp3) is 0.0500. The minimum absolute atomic E-state index is 0.839. The van der Waals surface area contributed by atoms with E-state index in [1.165, 1.54) is 43.4 Å². The number of aryl methyl sites for hydroxylation is 1. The van der Waals surface area contributed by atoms with Crippen molar-refractivity contribution in [2.45, 2.75) is 12.8 Å². The van der Waals surface area contributed by atoms with Crippen LogP contribution in [0.4, 0.5) is 0 Å². The average Bonchev–Trinajstić information content (AvgIpc) is 3.48. The van der Waals surface area contributed by atoms with E-state index < -0.39 is 0 Å². The number of nitrogens with zero attached hydrogens (tertiary/aromatic N) is 3. The molecule has 6 aromatic carbocycles. The van der Waals surface area contributed by atoms with Gasteiger partial charge in [-0.25, -0.2) is 9.97 Å². The first-order valence-corrected chi connectivity index (χ1v) is 14.9. The number of imidazole rings is 1. The molecule has 0 unspecified atom stereocenters. The van der Waals surface area contributed by atoms with Crippen LogP contribution in [-0.4, -0.2) is 14.5 Å². The summed E-state index contributed by atoms with van der Waals surface area (Å²) in [4.78, 5) is 10.4. The van der Waals surface area contributed by atoms with Gasteiger partial charge in [0.1, 0.15) is 5.69 Å². The van der Waals surface area contributed by atoms with E-state index in [2.05, 4.69) is 132 Å². The van der Waals surface area contributed by atoms with Crippen LogP contribution in [0.2, 0.25) is 0 Å². The molecule has 8 aromatic rings. The molecule has 0 saturated carbocycles. The molecule has 0 bridgehead atoms. The Labute approximate surface area is 249 Å². The second kappa shape index (κ2) is 9.50. The number of benzene rings is 6. The van der Waals surface area contributed by atoms with Gasteiger partial charge < -0.3 is 0 Å². The third kappa shape index (κ3) is 3.68. The van der Waals surface area contributed by atoms with Gasteiger partial charge in [-0.1, -0.05) is 97.1 Å². The summed E-state index contributed by atoms with van der Waals surface area (Å²) in [5.41, 5.74) is 8.85. The van der Waals surface area contributed by atoms with E-state index in [4.69, 9.17) is 9.97 Å². The summed E-state index contributed by atoms with van der Waals surface area (Å²) in [5.74, 6) is 0.839. The highest BCUT2D eigenvalue weighted by atomic mass is 15.1. The summed E-state index contributed by atoms with van der Waals surface area (Å²) in [6.07, 6.45) is 6.77. The minimum Gasteiger partial charge on any atom is -0.291 e. The first-order valence-electron chi connectivity index (χ1n) is 14.9. The lowest BCUT2D eigenvalue weighted by atomic mass is 9.83. The Balaban J connectivity index is 1.33. The fourth-order valence-electron chi connectivity index (χ4n) is 7.00. The van der Waals surface area contributed by atoms with Crippen LogP contribution in [0.5, 0.6) is 0 Å². The third-order valence-electron chi connectivity index (χ3n) is 8.85. The van der Waals surface area contributed by atoms with Crippen LogP contribution >= 0.6 is 0 Å². The maximum atomic E-state index is 5.32. The second-order valence-corrected chi connectivity index (χ2v) is 11.3. The highest BCUT2D eigenvalue weighted by Crippen LogP contribution is 2.43. The Morgan fingerprint density at radius 1 is 0.558 bits per heavy atom. The Hall–Kier alpha value is -5.54. The third-order valence-corrected chi connectivity index (χ3v) is 8.85. The molecule has 202 valence electrons. The molecule has 0 N–H and O–H groups in total. The summed E-state index contributed by atoms with van der Waals surface area (Å²) >= 11 is 0.